The number of ether oxygens (including phenoxy) is 1. The molecular weight excluding hydrogens is 182 g/mol. The van der Waals surface area contributed by atoms with E-state index in [0.717, 1.165) is 5.56 Å². The van der Waals surface area contributed by atoms with Crippen molar-refractivity contribution in [2.75, 3.05) is 12.4 Å². The molecule has 0 bridgehead atoms. The van der Waals surface area contributed by atoms with Crippen LogP contribution in [0.3, 0.4) is 0 Å². The van der Waals surface area contributed by atoms with Crippen molar-refractivity contribution in [3.8, 4) is 0 Å². The minimum atomic E-state index is -0.561. The Morgan fingerprint density at radius 2 is 2.14 bits per heavy atom. The van der Waals surface area contributed by atoms with Crippen LogP contribution in [0, 0.1) is 0 Å². The van der Waals surface area contributed by atoms with Crippen molar-refractivity contribution in [3.05, 3.63) is 29.3 Å². The highest BCUT2D eigenvalue weighted by Gasteiger charge is 2.27. The molecule has 1 N–H and O–H groups in total. The molecule has 1 heterocycles. The lowest BCUT2D eigenvalue weighted by Crippen LogP contribution is -2.12. The van der Waals surface area contributed by atoms with Crippen molar-refractivity contribution in [1.29, 1.82) is 0 Å². The summed E-state index contributed by atoms with van der Waals surface area (Å²) in [5, 5.41) is 2.49. The normalized spacial score (nSPS) is 14.1. The molecule has 72 valence electrons. The summed E-state index contributed by atoms with van der Waals surface area (Å²) in [7, 11) is 1.58. The van der Waals surface area contributed by atoms with Gasteiger partial charge in [0.1, 0.15) is 0 Å². The van der Waals surface area contributed by atoms with E-state index in [4.69, 9.17) is 4.74 Å². The first kappa shape index (κ1) is 8.90. The first-order valence-electron chi connectivity index (χ1n) is 4.20. The molecule has 0 atom stereocenters. The number of carbonyl (C=O) groups is 2. The Hall–Kier alpha value is -1.68. The van der Waals surface area contributed by atoms with E-state index in [1.54, 1.807) is 19.2 Å². The van der Waals surface area contributed by atoms with Crippen molar-refractivity contribution >= 4 is 17.4 Å². The first-order chi connectivity index (χ1) is 6.72. The number of hydrogen-bond donors (Lipinski definition) is 1. The summed E-state index contributed by atoms with van der Waals surface area (Å²) in [4.78, 5) is 22.3. The molecule has 0 radical (unpaired) electrons. The fourth-order valence-corrected chi connectivity index (χ4v) is 1.45. The molecule has 1 aromatic carbocycles. The van der Waals surface area contributed by atoms with Gasteiger partial charge >= 0.3 is 0 Å². The second-order valence-corrected chi connectivity index (χ2v) is 3.10. The number of ketones is 1. The largest absolute Gasteiger partial charge is 0.380 e. The molecule has 1 aliphatic rings. The molecule has 0 aliphatic carbocycles. The third-order valence-electron chi connectivity index (χ3n) is 2.09. The summed E-state index contributed by atoms with van der Waals surface area (Å²) in [6, 6.07) is 5.22. The summed E-state index contributed by atoms with van der Waals surface area (Å²) < 4.78 is 4.93. The first-order valence-corrected chi connectivity index (χ1v) is 4.20. The van der Waals surface area contributed by atoms with Crippen LogP contribution in [0.15, 0.2) is 18.2 Å². The van der Waals surface area contributed by atoms with Crippen LogP contribution in [0.25, 0.3) is 0 Å². The second-order valence-electron chi connectivity index (χ2n) is 3.10. The van der Waals surface area contributed by atoms with Gasteiger partial charge in [0, 0.05) is 7.11 Å². The maximum atomic E-state index is 11.3. The Morgan fingerprint density at radius 3 is 2.86 bits per heavy atom. The fourth-order valence-electron chi connectivity index (χ4n) is 1.45. The van der Waals surface area contributed by atoms with E-state index in [0.29, 0.717) is 17.9 Å². The van der Waals surface area contributed by atoms with Crippen molar-refractivity contribution < 1.29 is 14.3 Å². The van der Waals surface area contributed by atoms with E-state index in [-0.39, 0.29) is 0 Å². The van der Waals surface area contributed by atoms with Crippen LogP contribution in [0.4, 0.5) is 5.69 Å². The summed E-state index contributed by atoms with van der Waals surface area (Å²) in [6.45, 7) is 0.439. The highest BCUT2D eigenvalue weighted by molar-refractivity contribution is 6.51. The highest BCUT2D eigenvalue weighted by Crippen LogP contribution is 2.23. The molecule has 4 heteroatoms. The average Bonchev–Trinajstić information content (AvgIpc) is 2.45. The summed E-state index contributed by atoms with van der Waals surface area (Å²) in [5.74, 6) is -1.03. The molecule has 1 amide bonds. The lowest BCUT2D eigenvalue weighted by Gasteiger charge is -2.01. The van der Waals surface area contributed by atoms with E-state index < -0.39 is 11.7 Å². The molecule has 14 heavy (non-hydrogen) atoms. The maximum absolute atomic E-state index is 11.3. The van der Waals surface area contributed by atoms with Gasteiger partial charge in [-0.25, -0.2) is 0 Å². The number of hydrogen-bond acceptors (Lipinski definition) is 3. The number of rotatable bonds is 2. The maximum Gasteiger partial charge on any atom is 0.296 e. The molecule has 0 fully saturated rings. The van der Waals surface area contributed by atoms with Crippen LogP contribution in [0.1, 0.15) is 15.9 Å². The molecule has 1 aromatic rings. The predicted octanol–water partition coefficient (Wildman–Crippen LogP) is 0.968. The topological polar surface area (TPSA) is 55.4 Å². The van der Waals surface area contributed by atoms with E-state index >= 15 is 0 Å². The van der Waals surface area contributed by atoms with Crippen LogP contribution >= 0.6 is 0 Å². The van der Waals surface area contributed by atoms with Crippen LogP contribution in [0.2, 0.25) is 0 Å². The highest BCUT2D eigenvalue weighted by atomic mass is 16.5. The number of methoxy groups -OCH3 is 1. The van der Waals surface area contributed by atoms with Gasteiger partial charge in [0.2, 0.25) is 0 Å². The van der Waals surface area contributed by atoms with Gasteiger partial charge in [0.05, 0.1) is 17.9 Å². The lowest BCUT2D eigenvalue weighted by molar-refractivity contribution is -0.112. The van der Waals surface area contributed by atoms with Crippen LogP contribution in [-0.4, -0.2) is 18.8 Å². The Kier molecular flexibility index (Phi) is 2.05. The van der Waals surface area contributed by atoms with E-state index in [1.807, 2.05) is 6.07 Å². The van der Waals surface area contributed by atoms with E-state index in [2.05, 4.69) is 5.32 Å². The molecule has 4 nitrogen and oxygen atoms in total. The van der Waals surface area contributed by atoms with Gasteiger partial charge < -0.3 is 10.1 Å². The molecule has 0 spiro atoms. The van der Waals surface area contributed by atoms with Crippen molar-refractivity contribution in [2.24, 2.45) is 0 Å². The second kappa shape index (κ2) is 3.23. The Bertz CT molecular complexity index is 412. The van der Waals surface area contributed by atoms with Gasteiger partial charge in [-0.15, -0.1) is 0 Å². The van der Waals surface area contributed by atoms with Gasteiger partial charge in [0.15, 0.2) is 0 Å². The Labute approximate surface area is 80.9 Å². The minimum absolute atomic E-state index is 0.435. The van der Waals surface area contributed by atoms with Gasteiger partial charge in [-0.1, -0.05) is 6.07 Å². The van der Waals surface area contributed by atoms with Crippen molar-refractivity contribution in [3.63, 3.8) is 0 Å². The minimum Gasteiger partial charge on any atom is -0.380 e. The quantitative estimate of drug-likeness (QED) is 0.708. The molecule has 0 saturated carbocycles. The zero-order chi connectivity index (χ0) is 10.1. The number of carbonyl (C=O) groups excluding carboxylic acids is 2. The van der Waals surface area contributed by atoms with E-state index in [9.17, 15) is 9.59 Å². The van der Waals surface area contributed by atoms with E-state index in [1.165, 1.54) is 0 Å². The Morgan fingerprint density at radius 1 is 1.36 bits per heavy atom. The molecular formula is C10H9NO3. The third-order valence-corrected chi connectivity index (χ3v) is 2.09. The number of fused-ring (bicyclic) bond motifs is 1. The van der Waals surface area contributed by atoms with Gasteiger partial charge in [0.25, 0.3) is 11.7 Å². The van der Waals surface area contributed by atoms with Crippen LogP contribution in [-0.2, 0) is 16.1 Å². The van der Waals surface area contributed by atoms with Crippen molar-refractivity contribution in [1.82, 2.24) is 0 Å². The number of nitrogens with one attached hydrogen (secondary N) is 1. The molecule has 0 unspecified atom stereocenters. The summed E-state index contributed by atoms with van der Waals surface area (Å²) in [6.07, 6.45) is 0. The molecule has 0 saturated heterocycles. The lowest BCUT2D eigenvalue weighted by atomic mass is 10.1. The number of Topliss-reactive ketones (excluding diaryl/α,β-unsaturated/α-hetero) is 1. The molecule has 0 aromatic heterocycles. The standard InChI is InChI=1S/C10H9NO3/c1-14-5-6-2-3-8-7(4-6)9(12)10(13)11-8/h2-4H,5H2,1H3,(H,11,12,13). The van der Waals surface area contributed by atoms with Crippen molar-refractivity contribution in [2.45, 2.75) is 6.61 Å². The van der Waals surface area contributed by atoms with Crippen LogP contribution < -0.4 is 5.32 Å². The monoisotopic (exact) mass is 191 g/mol. The van der Waals surface area contributed by atoms with Crippen LogP contribution in [0.5, 0.6) is 0 Å². The summed E-state index contributed by atoms with van der Waals surface area (Å²) >= 11 is 0. The molecule has 2 rings (SSSR count). The van der Waals surface area contributed by atoms with Gasteiger partial charge in [-0.05, 0) is 17.7 Å². The smallest absolute Gasteiger partial charge is 0.296 e. The number of benzene rings is 1. The molecule has 1 aliphatic heterocycles. The Balaban J connectivity index is 2.41. The average molecular weight is 191 g/mol. The zero-order valence-electron chi connectivity index (χ0n) is 7.66. The third kappa shape index (κ3) is 1.29. The predicted molar refractivity (Wildman–Crippen MR) is 50.1 cm³/mol. The SMILES string of the molecule is COCc1ccc2c(c1)C(=O)C(=O)N2. The number of anilines is 1. The van der Waals surface area contributed by atoms with Gasteiger partial charge in [-0.2, -0.15) is 0 Å². The zero-order valence-corrected chi connectivity index (χ0v) is 7.66. The van der Waals surface area contributed by atoms with Gasteiger partial charge in [-0.3, -0.25) is 9.59 Å². The summed E-state index contributed by atoms with van der Waals surface area (Å²) in [5.41, 5.74) is 1.90. The fraction of sp³-hybridized carbons (Fsp3) is 0.200. The number of amides is 1.